The maximum Gasteiger partial charge on any atom is 0.282 e. The Labute approximate surface area is 179 Å². The average molecular weight is 446 g/mol. The molecule has 2 heterocycles. The van der Waals surface area contributed by atoms with Crippen LogP contribution < -0.4 is 5.32 Å². The first kappa shape index (κ1) is 21.0. The van der Waals surface area contributed by atoms with Gasteiger partial charge in [-0.25, -0.2) is 22.8 Å². The second kappa shape index (κ2) is 7.47. The monoisotopic (exact) mass is 446 g/mol. The number of nitrogens with one attached hydrogen (secondary N) is 1. The van der Waals surface area contributed by atoms with Crippen molar-refractivity contribution in [1.29, 1.82) is 0 Å². The van der Waals surface area contributed by atoms with Crippen molar-refractivity contribution in [3.05, 3.63) is 71.1 Å². The highest BCUT2D eigenvalue weighted by atomic mass is 32.1. The molecule has 0 saturated heterocycles. The van der Waals surface area contributed by atoms with Gasteiger partial charge >= 0.3 is 0 Å². The number of halogens is 3. The van der Waals surface area contributed by atoms with E-state index in [1.165, 1.54) is 37.4 Å². The number of aliphatic hydroxyl groups is 1. The maximum atomic E-state index is 14.7. The van der Waals surface area contributed by atoms with Crippen LogP contribution in [-0.4, -0.2) is 31.7 Å². The topological polar surface area (TPSA) is 80.0 Å². The zero-order chi connectivity index (χ0) is 22.4. The molecule has 1 amide bonds. The second-order valence-electron chi connectivity index (χ2n) is 7.12. The van der Waals surface area contributed by atoms with Crippen LogP contribution in [0.4, 0.5) is 18.3 Å². The molecule has 2 aromatic heterocycles. The molecule has 0 spiro atoms. The van der Waals surface area contributed by atoms with Gasteiger partial charge in [-0.15, -0.1) is 0 Å². The molecule has 4 rings (SSSR count). The lowest BCUT2D eigenvalue weighted by Crippen LogP contribution is -2.43. The molecule has 0 fully saturated rings. The van der Waals surface area contributed by atoms with E-state index in [4.69, 9.17) is 0 Å². The fourth-order valence-electron chi connectivity index (χ4n) is 3.31. The standard InChI is InChI=1S/C21H17F3N4O2S/c1-12(29)27-19-25-11-18(31-19)21(30,20(2,23)24)14-3-8-17-13(9-14)10-26-28(17)16-6-4-15(22)5-7-16/h3-11,30H,1-2H3,(H,25,27,29). The van der Waals surface area contributed by atoms with Crippen LogP contribution in [0.3, 0.4) is 0 Å². The van der Waals surface area contributed by atoms with Gasteiger partial charge in [0.25, 0.3) is 5.92 Å². The minimum absolute atomic E-state index is 0.0517. The molecule has 1 unspecified atom stereocenters. The van der Waals surface area contributed by atoms with Crippen molar-refractivity contribution >= 4 is 33.3 Å². The summed E-state index contributed by atoms with van der Waals surface area (Å²) in [6, 6.07) is 10.1. The minimum atomic E-state index is -3.56. The summed E-state index contributed by atoms with van der Waals surface area (Å²) in [5.74, 6) is -4.35. The van der Waals surface area contributed by atoms with Gasteiger partial charge < -0.3 is 10.4 Å². The lowest BCUT2D eigenvalue weighted by molar-refractivity contribution is -0.149. The summed E-state index contributed by atoms with van der Waals surface area (Å²) >= 11 is 0.769. The van der Waals surface area contributed by atoms with Gasteiger partial charge in [-0.1, -0.05) is 17.4 Å². The molecule has 2 N–H and O–H groups in total. The van der Waals surface area contributed by atoms with Crippen molar-refractivity contribution in [2.24, 2.45) is 0 Å². The smallest absolute Gasteiger partial charge is 0.282 e. The number of carbonyl (C=O) groups is 1. The van der Waals surface area contributed by atoms with Crippen LogP contribution in [0.2, 0.25) is 0 Å². The summed E-state index contributed by atoms with van der Waals surface area (Å²) < 4.78 is 44.2. The average Bonchev–Trinajstić information content (AvgIpc) is 3.33. The number of amides is 1. The Hall–Kier alpha value is -3.24. The predicted molar refractivity (Wildman–Crippen MR) is 111 cm³/mol. The van der Waals surface area contributed by atoms with E-state index in [-0.39, 0.29) is 21.4 Å². The van der Waals surface area contributed by atoms with Crippen molar-refractivity contribution in [1.82, 2.24) is 14.8 Å². The third-order valence-corrected chi connectivity index (χ3v) is 5.86. The number of hydrogen-bond donors (Lipinski definition) is 2. The molecule has 0 aliphatic rings. The van der Waals surface area contributed by atoms with Gasteiger partial charge in [-0.3, -0.25) is 4.79 Å². The summed E-state index contributed by atoms with van der Waals surface area (Å²) in [4.78, 5) is 15.0. The Morgan fingerprint density at radius 3 is 2.52 bits per heavy atom. The van der Waals surface area contributed by atoms with E-state index in [2.05, 4.69) is 15.4 Å². The summed E-state index contributed by atoms with van der Waals surface area (Å²) in [6.45, 7) is 1.89. The number of hydrogen-bond acceptors (Lipinski definition) is 5. The first-order valence-electron chi connectivity index (χ1n) is 9.18. The number of rotatable bonds is 5. The van der Waals surface area contributed by atoms with E-state index < -0.39 is 17.4 Å². The normalized spacial score (nSPS) is 13.9. The number of fused-ring (bicyclic) bond motifs is 1. The van der Waals surface area contributed by atoms with Crippen LogP contribution in [0.1, 0.15) is 24.3 Å². The quantitative estimate of drug-likeness (QED) is 0.474. The van der Waals surface area contributed by atoms with Crippen LogP contribution in [0.25, 0.3) is 16.6 Å². The molecule has 6 nitrogen and oxygen atoms in total. The van der Waals surface area contributed by atoms with Crippen molar-refractivity contribution in [2.45, 2.75) is 25.4 Å². The number of aromatic nitrogens is 3. The Balaban J connectivity index is 1.81. The van der Waals surface area contributed by atoms with E-state index >= 15 is 0 Å². The Morgan fingerprint density at radius 2 is 1.87 bits per heavy atom. The molecule has 0 saturated carbocycles. The molecule has 4 aromatic rings. The Bertz CT molecular complexity index is 1260. The van der Waals surface area contributed by atoms with E-state index in [9.17, 15) is 23.1 Å². The number of nitrogens with zero attached hydrogens (tertiary/aromatic N) is 3. The summed E-state index contributed by atoms with van der Waals surface area (Å²) in [7, 11) is 0. The fourth-order valence-corrected chi connectivity index (χ4v) is 4.37. The van der Waals surface area contributed by atoms with Crippen LogP contribution in [0, 0.1) is 5.82 Å². The zero-order valence-electron chi connectivity index (χ0n) is 16.4. The molecule has 2 aromatic carbocycles. The van der Waals surface area contributed by atoms with Gasteiger partial charge in [-0.2, -0.15) is 5.10 Å². The lowest BCUT2D eigenvalue weighted by Gasteiger charge is -2.33. The van der Waals surface area contributed by atoms with Gasteiger partial charge in [0.05, 0.1) is 22.3 Å². The van der Waals surface area contributed by atoms with Gasteiger partial charge in [0.1, 0.15) is 5.82 Å². The van der Waals surface area contributed by atoms with Crippen molar-refractivity contribution in [3.63, 3.8) is 0 Å². The van der Waals surface area contributed by atoms with Crippen molar-refractivity contribution in [2.75, 3.05) is 5.32 Å². The molecule has 31 heavy (non-hydrogen) atoms. The number of benzene rings is 2. The maximum absolute atomic E-state index is 14.7. The van der Waals surface area contributed by atoms with Crippen LogP contribution in [0.5, 0.6) is 0 Å². The summed E-state index contributed by atoms with van der Waals surface area (Å²) in [6.07, 6.45) is 2.60. The molecule has 0 aliphatic heterocycles. The number of anilines is 1. The van der Waals surface area contributed by atoms with Gasteiger partial charge in [0.2, 0.25) is 5.91 Å². The van der Waals surface area contributed by atoms with Gasteiger partial charge in [0, 0.05) is 25.4 Å². The Morgan fingerprint density at radius 1 is 1.16 bits per heavy atom. The first-order valence-corrected chi connectivity index (χ1v) is 9.99. The van der Waals surface area contributed by atoms with E-state index in [1.807, 2.05) is 0 Å². The highest BCUT2D eigenvalue weighted by Gasteiger charge is 2.53. The highest BCUT2D eigenvalue weighted by molar-refractivity contribution is 7.15. The SMILES string of the molecule is CC(=O)Nc1ncc(C(O)(c2ccc3c(cnn3-c3ccc(F)cc3)c2)C(C)(F)F)s1. The third kappa shape index (κ3) is 3.68. The zero-order valence-corrected chi connectivity index (χ0v) is 17.3. The third-order valence-electron chi connectivity index (χ3n) is 4.84. The number of carbonyl (C=O) groups excluding carboxylic acids is 1. The largest absolute Gasteiger partial charge is 0.374 e. The molecule has 1 atom stereocenters. The van der Waals surface area contributed by atoms with Crippen molar-refractivity contribution < 1.29 is 23.1 Å². The highest BCUT2D eigenvalue weighted by Crippen LogP contribution is 2.46. The number of thiazole rings is 1. The van der Waals surface area contributed by atoms with E-state index in [0.29, 0.717) is 23.5 Å². The van der Waals surface area contributed by atoms with Gasteiger partial charge in [-0.05, 0) is 42.0 Å². The van der Waals surface area contributed by atoms with Gasteiger partial charge in [0.15, 0.2) is 10.7 Å². The lowest BCUT2D eigenvalue weighted by atomic mass is 9.86. The second-order valence-corrected chi connectivity index (χ2v) is 8.15. The summed E-state index contributed by atoms with van der Waals surface area (Å²) in [5, 5.41) is 18.5. The fraction of sp³-hybridized carbons (Fsp3) is 0.190. The number of alkyl halides is 2. The van der Waals surface area contributed by atoms with Crippen LogP contribution >= 0.6 is 11.3 Å². The van der Waals surface area contributed by atoms with Crippen LogP contribution in [-0.2, 0) is 10.4 Å². The molecule has 0 radical (unpaired) electrons. The predicted octanol–water partition coefficient (Wildman–Crippen LogP) is 4.47. The Kier molecular flexibility index (Phi) is 5.06. The molecule has 0 bridgehead atoms. The summed E-state index contributed by atoms with van der Waals surface area (Å²) in [5.41, 5.74) is -1.53. The molecular weight excluding hydrogens is 429 g/mol. The molecule has 160 valence electrons. The van der Waals surface area contributed by atoms with Crippen LogP contribution in [0.15, 0.2) is 54.9 Å². The van der Waals surface area contributed by atoms with E-state index in [0.717, 1.165) is 17.5 Å². The van der Waals surface area contributed by atoms with Crippen molar-refractivity contribution in [3.8, 4) is 5.69 Å². The molecule has 10 heteroatoms. The van der Waals surface area contributed by atoms with E-state index in [1.54, 1.807) is 22.9 Å². The first-order chi connectivity index (χ1) is 14.6. The molecule has 0 aliphatic carbocycles. The molecular formula is C21H17F3N4O2S. The minimum Gasteiger partial charge on any atom is -0.374 e.